The van der Waals surface area contributed by atoms with E-state index in [9.17, 15) is 4.79 Å². The van der Waals surface area contributed by atoms with Crippen molar-refractivity contribution >= 4 is 29.3 Å². The van der Waals surface area contributed by atoms with Gasteiger partial charge in [-0.3, -0.25) is 4.79 Å². The maximum absolute atomic E-state index is 10.8. The first-order chi connectivity index (χ1) is 7.93. The van der Waals surface area contributed by atoms with Crippen molar-refractivity contribution in [2.45, 2.75) is 24.6 Å². The van der Waals surface area contributed by atoms with E-state index in [4.69, 9.17) is 22.4 Å². The number of carboxylic acid groups (broad SMARTS) is 1. The van der Waals surface area contributed by atoms with Gasteiger partial charge in [0.2, 0.25) is 0 Å². The number of thioether (sulfide) groups is 1. The molecule has 0 radical (unpaired) electrons. The zero-order chi connectivity index (χ0) is 12.9. The predicted molar refractivity (Wildman–Crippen MR) is 72.5 cm³/mol. The molecule has 0 aliphatic rings. The van der Waals surface area contributed by atoms with Crippen LogP contribution in [0.2, 0.25) is 5.02 Å². The van der Waals surface area contributed by atoms with E-state index in [2.05, 4.69) is 0 Å². The highest BCUT2D eigenvalue weighted by molar-refractivity contribution is 7.98. The molecular formula is C12H16ClNO2S. The van der Waals surface area contributed by atoms with E-state index in [0.29, 0.717) is 12.2 Å². The molecule has 0 saturated heterocycles. The average molecular weight is 274 g/mol. The third-order valence-corrected chi connectivity index (χ3v) is 3.85. The lowest BCUT2D eigenvalue weighted by Gasteiger charge is -2.18. The van der Waals surface area contributed by atoms with Gasteiger partial charge in [-0.15, -0.1) is 0 Å². The molecule has 3 N–H and O–H groups in total. The monoisotopic (exact) mass is 273 g/mol. The highest BCUT2D eigenvalue weighted by Gasteiger charge is 2.26. The number of hydrogen-bond donors (Lipinski definition) is 2. The molecule has 0 heterocycles. The van der Waals surface area contributed by atoms with E-state index in [1.54, 1.807) is 11.8 Å². The molecule has 17 heavy (non-hydrogen) atoms. The van der Waals surface area contributed by atoms with E-state index >= 15 is 0 Å². The Balaban J connectivity index is 2.35. The summed E-state index contributed by atoms with van der Waals surface area (Å²) in [5.41, 5.74) is 5.55. The summed E-state index contributed by atoms with van der Waals surface area (Å²) >= 11 is 7.65. The Morgan fingerprint density at radius 3 is 2.76 bits per heavy atom. The summed E-state index contributed by atoms with van der Waals surface area (Å²) in [5.74, 6) is 0.510. The van der Waals surface area contributed by atoms with E-state index < -0.39 is 11.5 Å². The van der Waals surface area contributed by atoms with Crippen molar-refractivity contribution in [1.29, 1.82) is 0 Å². The topological polar surface area (TPSA) is 63.3 Å². The molecule has 1 aromatic rings. The summed E-state index contributed by atoms with van der Waals surface area (Å²) in [5, 5.41) is 9.59. The quantitative estimate of drug-likeness (QED) is 0.783. The van der Waals surface area contributed by atoms with Gasteiger partial charge in [-0.25, -0.2) is 0 Å². The lowest BCUT2D eigenvalue weighted by molar-refractivity contribution is -0.142. The molecule has 0 fully saturated rings. The Labute approximate surface area is 110 Å². The highest BCUT2D eigenvalue weighted by Crippen LogP contribution is 2.22. The van der Waals surface area contributed by atoms with Gasteiger partial charge in [0.05, 0.1) is 0 Å². The molecule has 1 rings (SSSR count). The van der Waals surface area contributed by atoms with Crippen LogP contribution in [-0.2, 0) is 10.5 Å². The van der Waals surface area contributed by atoms with Crippen LogP contribution in [0.15, 0.2) is 24.3 Å². The van der Waals surface area contributed by atoms with Crippen LogP contribution in [0.1, 0.15) is 18.9 Å². The molecule has 0 aromatic heterocycles. The zero-order valence-corrected chi connectivity index (χ0v) is 11.2. The van der Waals surface area contributed by atoms with Crippen molar-refractivity contribution in [3.05, 3.63) is 34.9 Å². The second kappa shape index (κ2) is 6.28. The van der Waals surface area contributed by atoms with Gasteiger partial charge in [-0.2, -0.15) is 11.8 Å². The van der Waals surface area contributed by atoms with Crippen LogP contribution in [0.3, 0.4) is 0 Å². The zero-order valence-electron chi connectivity index (χ0n) is 9.65. The van der Waals surface area contributed by atoms with Gasteiger partial charge in [0, 0.05) is 10.8 Å². The fraction of sp³-hybridized carbons (Fsp3) is 0.417. The van der Waals surface area contributed by atoms with E-state index in [1.165, 1.54) is 6.92 Å². The Kier molecular flexibility index (Phi) is 5.31. The van der Waals surface area contributed by atoms with Crippen LogP contribution < -0.4 is 5.73 Å². The van der Waals surface area contributed by atoms with E-state index in [0.717, 1.165) is 16.3 Å². The third-order valence-electron chi connectivity index (χ3n) is 2.47. The largest absolute Gasteiger partial charge is 0.480 e. The first-order valence-corrected chi connectivity index (χ1v) is 6.80. The van der Waals surface area contributed by atoms with Crippen molar-refractivity contribution in [3.63, 3.8) is 0 Å². The average Bonchev–Trinajstić information content (AvgIpc) is 2.26. The molecule has 5 heteroatoms. The fourth-order valence-corrected chi connectivity index (χ4v) is 2.65. The normalized spacial score (nSPS) is 14.3. The van der Waals surface area contributed by atoms with Crippen molar-refractivity contribution < 1.29 is 9.90 Å². The van der Waals surface area contributed by atoms with Crippen LogP contribution >= 0.6 is 23.4 Å². The van der Waals surface area contributed by atoms with Crippen LogP contribution in [0.4, 0.5) is 0 Å². The van der Waals surface area contributed by atoms with Gasteiger partial charge in [0.25, 0.3) is 0 Å². The number of carbonyl (C=O) groups is 1. The number of nitrogens with two attached hydrogens (primary N) is 1. The Morgan fingerprint density at radius 1 is 1.53 bits per heavy atom. The minimum atomic E-state index is -1.15. The van der Waals surface area contributed by atoms with Gasteiger partial charge in [0.1, 0.15) is 5.54 Å². The second-order valence-corrected chi connectivity index (χ2v) is 5.63. The van der Waals surface area contributed by atoms with Gasteiger partial charge in [-0.1, -0.05) is 29.8 Å². The Hall–Kier alpha value is -0.710. The molecule has 0 spiro atoms. The Bertz CT molecular complexity index is 396. The van der Waals surface area contributed by atoms with E-state index in [-0.39, 0.29) is 0 Å². The van der Waals surface area contributed by atoms with Crippen molar-refractivity contribution in [2.75, 3.05) is 5.75 Å². The lowest BCUT2D eigenvalue weighted by Crippen LogP contribution is -2.45. The number of rotatable bonds is 6. The number of aliphatic carboxylic acids is 1. The molecular weight excluding hydrogens is 258 g/mol. The van der Waals surface area contributed by atoms with Gasteiger partial charge >= 0.3 is 5.97 Å². The highest BCUT2D eigenvalue weighted by atomic mass is 35.5. The third kappa shape index (κ3) is 4.58. The molecule has 1 atom stereocenters. The maximum Gasteiger partial charge on any atom is 0.323 e. The van der Waals surface area contributed by atoms with Crippen molar-refractivity contribution in [3.8, 4) is 0 Å². The van der Waals surface area contributed by atoms with Gasteiger partial charge < -0.3 is 10.8 Å². The van der Waals surface area contributed by atoms with Crippen LogP contribution in [0.25, 0.3) is 0 Å². The standard InChI is InChI=1S/C12H16ClNO2S/c1-12(14,11(15)16)6-7-17-8-9-4-2-3-5-10(9)13/h2-5H,6-8,14H2,1H3,(H,15,16). The molecule has 94 valence electrons. The molecule has 0 aliphatic carbocycles. The molecule has 0 aliphatic heterocycles. The minimum absolute atomic E-state index is 0.442. The molecule has 3 nitrogen and oxygen atoms in total. The lowest BCUT2D eigenvalue weighted by atomic mass is 10.0. The summed E-state index contributed by atoms with van der Waals surface area (Å²) in [6.45, 7) is 1.53. The summed E-state index contributed by atoms with van der Waals surface area (Å²) in [6, 6.07) is 7.64. The van der Waals surface area contributed by atoms with Crippen LogP contribution in [0.5, 0.6) is 0 Å². The molecule has 0 saturated carbocycles. The number of halogens is 1. The summed E-state index contributed by atoms with van der Waals surface area (Å²) in [4.78, 5) is 10.8. The fourth-order valence-electron chi connectivity index (χ4n) is 1.19. The van der Waals surface area contributed by atoms with Crippen molar-refractivity contribution in [2.24, 2.45) is 5.73 Å². The molecule has 1 unspecified atom stereocenters. The number of benzene rings is 1. The number of carboxylic acids is 1. The smallest absolute Gasteiger partial charge is 0.323 e. The van der Waals surface area contributed by atoms with E-state index in [1.807, 2.05) is 24.3 Å². The predicted octanol–water partition coefficient (Wildman–Crippen LogP) is 2.77. The molecule has 0 amide bonds. The second-order valence-electron chi connectivity index (χ2n) is 4.12. The van der Waals surface area contributed by atoms with Crippen LogP contribution in [0, 0.1) is 0 Å². The first-order valence-electron chi connectivity index (χ1n) is 5.27. The first kappa shape index (κ1) is 14.4. The van der Waals surface area contributed by atoms with Gasteiger partial charge in [0.15, 0.2) is 0 Å². The molecule has 0 bridgehead atoms. The van der Waals surface area contributed by atoms with Crippen LogP contribution in [-0.4, -0.2) is 22.4 Å². The number of hydrogen-bond acceptors (Lipinski definition) is 3. The SMILES string of the molecule is CC(N)(CCSCc1ccccc1Cl)C(=O)O. The minimum Gasteiger partial charge on any atom is -0.480 e. The van der Waals surface area contributed by atoms with Crippen molar-refractivity contribution in [1.82, 2.24) is 0 Å². The summed E-state index contributed by atoms with van der Waals surface area (Å²) in [6.07, 6.45) is 0.442. The Morgan fingerprint density at radius 2 is 2.18 bits per heavy atom. The molecule has 1 aromatic carbocycles. The maximum atomic E-state index is 10.8. The summed E-state index contributed by atoms with van der Waals surface area (Å²) < 4.78 is 0. The summed E-state index contributed by atoms with van der Waals surface area (Å²) in [7, 11) is 0. The van der Waals surface area contributed by atoms with Gasteiger partial charge in [-0.05, 0) is 30.7 Å².